The molecule has 6 nitrogen and oxygen atoms in total. The fraction of sp³-hybridized carbons (Fsp3) is 0.391. The van der Waals surface area contributed by atoms with Gasteiger partial charge in [-0.25, -0.2) is 9.40 Å². The smallest absolute Gasteiger partial charge is 0.423 e. The van der Waals surface area contributed by atoms with E-state index in [4.69, 9.17) is 0 Å². The van der Waals surface area contributed by atoms with Crippen molar-refractivity contribution in [2.75, 3.05) is 6.67 Å². The van der Waals surface area contributed by atoms with Crippen molar-refractivity contribution in [3.8, 4) is 0 Å². The number of hydrazine groups is 1. The molecule has 0 heterocycles. The van der Waals surface area contributed by atoms with Gasteiger partial charge in [0.05, 0.1) is 18.3 Å². The highest BCUT2D eigenvalue weighted by atomic mass is 127. The van der Waals surface area contributed by atoms with Crippen molar-refractivity contribution in [1.29, 1.82) is 0 Å². The lowest BCUT2D eigenvalue weighted by Gasteiger charge is -2.40. The van der Waals surface area contributed by atoms with Crippen molar-refractivity contribution in [1.82, 2.24) is 10.4 Å². The van der Waals surface area contributed by atoms with Crippen LogP contribution in [0.5, 0.6) is 0 Å². The summed E-state index contributed by atoms with van der Waals surface area (Å²) in [5.41, 5.74) is 2.72. The number of benzene rings is 2. The number of carbonyl (C=O) groups is 2. The van der Waals surface area contributed by atoms with E-state index in [-0.39, 0.29) is 23.9 Å². The number of aryl methyl sites for hydroxylation is 1. The van der Waals surface area contributed by atoms with Crippen LogP contribution in [0.25, 0.3) is 0 Å². The summed E-state index contributed by atoms with van der Waals surface area (Å²) >= 11 is 2.09. The van der Waals surface area contributed by atoms with Crippen LogP contribution in [0.1, 0.15) is 59.9 Å². The Morgan fingerprint density at radius 2 is 1.85 bits per heavy atom. The molecule has 0 bridgehead atoms. The van der Waals surface area contributed by atoms with E-state index in [1.807, 2.05) is 33.8 Å². The number of amides is 2. The van der Waals surface area contributed by atoms with Crippen molar-refractivity contribution in [2.24, 2.45) is 5.41 Å². The Labute approximate surface area is 206 Å². The molecule has 0 radical (unpaired) electrons. The highest BCUT2D eigenvalue weighted by molar-refractivity contribution is 14.1. The molecule has 2 aromatic carbocycles. The molecule has 0 saturated heterocycles. The van der Waals surface area contributed by atoms with E-state index >= 15 is 0 Å². The molecule has 0 aliphatic heterocycles. The van der Waals surface area contributed by atoms with Gasteiger partial charge >= 0.3 is 7.12 Å². The summed E-state index contributed by atoms with van der Waals surface area (Å²) in [5, 5.41) is 19.6. The van der Waals surface area contributed by atoms with Crippen molar-refractivity contribution < 1.29 is 28.4 Å². The molecular formula is C23H28BF2IN2O4. The summed E-state index contributed by atoms with van der Waals surface area (Å²) in [6.07, 6.45) is 0.470. The second-order valence-electron chi connectivity index (χ2n) is 8.96. The summed E-state index contributed by atoms with van der Waals surface area (Å²) in [6, 6.07) is 7.87. The minimum atomic E-state index is -1.88. The van der Waals surface area contributed by atoms with Gasteiger partial charge in [-0.2, -0.15) is 0 Å². The van der Waals surface area contributed by atoms with E-state index in [9.17, 15) is 28.4 Å². The van der Waals surface area contributed by atoms with Crippen LogP contribution in [0.3, 0.4) is 0 Å². The number of hydrogen-bond acceptors (Lipinski definition) is 4. The highest BCUT2D eigenvalue weighted by Crippen LogP contribution is 2.29. The first kappa shape index (κ1) is 27.2. The molecule has 0 aliphatic carbocycles. The molecule has 178 valence electrons. The molecule has 10 heteroatoms. The molecule has 2 rings (SSSR count). The van der Waals surface area contributed by atoms with Gasteiger partial charge in [0.15, 0.2) is 0 Å². The number of carbonyl (C=O) groups excluding carboxylic acids is 2. The van der Waals surface area contributed by atoms with Crippen molar-refractivity contribution >= 4 is 47.0 Å². The van der Waals surface area contributed by atoms with Gasteiger partial charge in [0, 0.05) is 9.13 Å². The standard InChI is InChI=1S/C23H28BF2IN2O4/c1-14-10-15(12-17(27)11-14)22(31)29(20(6-5-9-25)23(2,3)4)28-21(30)18-8-7-16(24(32)33)13-19(18)26/h7-8,10-13,20,32-33H,5-6,9H2,1-4H3,(H,28,30)/t20-/m1/s1. The third-order valence-corrected chi connectivity index (χ3v) is 5.81. The quantitative estimate of drug-likeness (QED) is 0.270. The van der Waals surface area contributed by atoms with Crippen LogP contribution in [0, 0.1) is 21.7 Å². The number of nitrogens with one attached hydrogen (secondary N) is 1. The molecule has 0 saturated carbocycles. The summed E-state index contributed by atoms with van der Waals surface area (Å²) in [7, 11) is -1.88. The minimum Gasteiger partial charge on any atom is -0.423 e. The maximum absolute atomic E-state index is 14.5. The number of rotatable bonds is 7. The van der Waals surface area contributed by atoms with Crippen LogP contribution >= 0.6 is 22.6 Å². The van der Waals surface area contributed by atoms with Crippen LogP contribution in [0.2, 0.25) is 0 Å². The van der Waals surface area contributed by atoms with Gasteiger partial charge in [-0.1, -0.05) is 26.8 Å². The van der Waals surface area contributed by atoms with Crippen LogP contribution < -0.4 is 10.9 Å². The van der Waals surface area contributed by atoms with Crippen LogP contribution in [0.4, 0.5) is 8.78 Å². The zero-order valence-electron chi connectivity index (χ0n) is 19.0. The summed E-state index contributed by atoms with van der Waals surface area (Å²) in [5.74, 6) is -2.34. The predicted molar refractivity (Wildman–Crippen MR) is 132 cm³/mol. The molecular weight excluding hydrogens is 544 g/mol. The molecule has 2 aromatic rings. The molecule has 0 fully saturated rings. The molecule has 33 heavy (non-hydrogen) atoms. The van der Waals surface area contributed by atoms with Gasteiger partial charge in [0.2, 0.25) is 0 Å². The first-order valence-corrected chi connectivity index (χ1v) is 11.6. The van der Waals surface area contributed by atoms with E-state index in [0.717, 1.165) is 26.3 Å². The van der Waals surface area contributed by atoms with Crippen molar-refractivity contribution in [2.45, 2.75) is 46.6 Å². The van der Waals surface area contributed by atoms with Crippen molar-refractivity contribution in [3.05, 3.63) is 62.5 Å². The van der Waals surface area contributed by atoms with Gasteiger partial charge in [-0.3, -0.25) is 19.4 Å². The average Bonchev–Trinajstić information content (AvgIpc) is 2.70. The third-order valence-electron chi connectivity index (χ3n) is 5.19. The average molecular weight is 572 g/mol. The number of nitrogens with zero attached hydrogens (tertiary/aromatic N) is 1. The van der Waals surface area contributed by atoms with Crippen LogP contribution in [-0.4, -0.2) is 46.7 Å². The summed E-state index contributed by atoms with van der Waals surface area (Å²) < 4.78 is 28.4. The van der Waals surface area contributed by atoms with E-state index in [1.54, 1.807) is 12.1 Å². The van der Waals surface area contributed by atoms with E-state index in [1.165, 1.54) is 6.07 Å². The lowest BCUT2D eigenvalue weighted by molar-refractivity contribution is 0.0262. The van der Waals surface area contributed by atoms with Crippen LogP contribution in [-0.2, 0) is 0 Å². The van der Waals surface area contributed by atoms with E-state index < -0.39 is 42.9 Å². The highest BCUT2D eigenvalue weighted by Gasteiger charge is 2.35. The van der Waals surface area contributed by atoms with Crippen molar-refractivity contribution in [3.63, 3.8) is 0 Å². The van der Waals surface area contributed by atoms with Gasteiger partial charge in [0.25, 0.3) is 11.8 Å². The van der Waals surface area contributed by atoms with Gasteiger partial charge in [0.1, 0.15) is 5.82 Å². The lowest BCUT2D eigenvalue weighted by atomic mass is 9.80. The first-order chi connectivity index (χ1) is 15.3. The van der Waals surface area contributed by atoms with Gasteiger partial charge in [-0.15, -0.1) is 0 Å². The maximum Gasteiger partial charge on any atom is 0.488 e. The second kappa shape index (κ2) is 11.4. The zero-order valence-corrected chi connectivity index (χ0v) is 21.2. The maximum atomic E-state index is 14.5. The Bertz CT molecular complexity index is 994. The Kier molecular flexibility index (Phi) is 9.39. The lowest BCUT2D eigenvalue weighted by Crippen LogP contribution is -2.56. The third kappa shape index (κ3) is 7.22. The summed E-state index contributed by atoms with van der Waals surface area (Å²) in [6.45, 7) is 6.89. The van der Waals surface area contributed by atoms with Crippen LogP contribution in [0.15, 0.2) is 36.4 Å². The number of hydrogen-bond donors (Lipinski definition) is 3. The largest absolute Gasteiger partial charge is 0.488 e. The predicted octanol–water partition coefficient (Wildman–Crippen LogP) is 3.37. The Morgan fingerprint density at radius 1 is 1.18 bits per heavy atom. The van der Waals surface area contributed by atoms with Gasteiger partial charge < -0.3 is 10.0 Å². The molecule has 0 unspecified atom stereocenters. The van der Waals surface area contributed by atoms with E-state index in [0.29, 0.717) is 5.56 Å². The Hall–Kier alpha value is -2.05. The number of halogens is 3. The molecule has 0 aliphatic rings. The fourth-order valence-corrected chi connectivity index (χ4v) is 4.36. The SMILES string of the molecule is Cc1cc(I)cc(C(=O)N(NC(=O)c2ccc(B(O)O)cc2F)[C@H](CCCF)C(C)(C)C)c1. The first-order valence-electron chi connectivity index (χ1n) is 10.5. The minimum absolute atomic E-state index is 0.109. The second-order valence-corrected chi connectivity index (χ2v) is 10.2. The molecule has 1 atom stereocenters. The monoisotopic (exact) mass is 572 g/mol. The van der Waals surface area contributed by atoms with Gasteiger partial charge in [-0.05, 0) is 89.1 Å². The fourth-order valence-electron chi connectivity index (χ4n) is 3.53. The summed E-state index contributed by atoms with van der Waals surface area (Å²) in [4.78, 5) is 26.5. The Morgan fingerprint density at radius 3 is 2.36 bits per heavy atom. The molecule has 0 aromatic heterocycles. The normalized spacial score (nSPS) is 12.3. The topological polar surface area (TPSA) is 89.9 Å². The molecule has 0 spiro atoms. The Balaban J connectivity index is 2.49. The molecule has 3 N–H and O–H groups in total. The zero-order chi connectivity index (χ0) is 24.9. The van der Waals surface area contributed by atoms with E-state index in [2.05, 4.69) is 28.0 Å². The molecule has 2 amide bonds. The number of alkyl halides is 1.